The smallest absolute Gasteiger partial charge is 0.133 e. The summed E-state index contributed by atoms with van der Waals surface area (Å²) >= 11 is 0. The van der Waals surface area contributed by atoms with Crippen molar-refractivity contribution in [3.05, 3.63) is 47.7 Å². The molecular formula is C14H14N4. The molecule has 1 heterocycles. The van der Waals surface area contributed by atoms with E-state index in [0.29, 0.717) is 11.3 Å². The first-order chi connectivity index (χ1) is 8.63. The number of pyridine rings is 1. The van der Waals surface area contributed by atoms with Crippen LogP contribution in [0, 0.1) is 18.3 Å². The highest BCUT2D eigenvalue weighted by atomic mass is 15.2. The summed E-state index contributed by atoms with van der Waals surface area (Å²) < 4.78 is 0. The van der Waals surface area contributed by atoms with Gasteiger partial charge in [0.05, 0.1) is 23.1 Å². The standard InChI is InChI=1S/C14H14N4/c1-10-7-14(17-9-12(10)16)18(2)13-6-4-3-5-11(13)8-15/h3-7,9H,16H2,1-2H3. The Kier molecular flexibility index (Phi) is 3.16. The summed E-state index contributed by atoms with van der Waals surface area (Å²) in [5.41, 5.74) is 8.84. The lowest BCUT2D eigenvalue weighted by molar-refractivity contribution is 1.11. The van der Waals surface area contributed by atoms with Crippen molar-refractivity contribution in [2.75, 3.05) is 17.7 Å². The first-order valence-electron chi connectivity index (χ1n) is 5.58. The number of para-hydroxylation sites is 1. The molecule has 0 radical (unpaired) electrons. The minimum Gasteiger partial charge on any atom is -0.397 e. The largest absolute Gasteiger partial charge is 0.397 e. The molecule has 0 atom stereocenters. The van der Waals surface area contributed by atoms with E-state index in [1.54, 1.807) is 12.3 Å². The van der Waals surface area contributed by atoms with Crippen molar-refractivity contribution in [3.8, 4) is 6.07 Å². The third-order valence-corrected chi connectivity index (χ3v) is 2.87. The number of aromatic nitrogens is 1. The van der Waals surface area contributed by atoms with Crippen LogP contribution in [0.3, 0.4) is 0 Å². The summed E-state index contributed by atoms with van der Waals surface area (Å²) in [6, 6.07) is 11.5. The van der Waals surface area contributed by atoms with Gasteiger partial charge in [0.1, 0.15) is 11.9 Å². The van der Waals surface area contributed by atoms with Gasteiger partial charge in [-0.05, 0) is 30.7 Å². The number of nitrogens with two attached hydrogens (primary N) is 1. The zero-order valence-corrected chi connectivity index (χ0v) is 10.4. The van der Waals surface area contributed by atoms with Gasteiger partial charge in [0, 0.05) is 7.05 Å². The zero-order chi connectivity index (χ0) is 13.1. The zero-order valence-electron chi connectivity index (χ0n) is 10.4. The lowest BCUT2D eigenvalue weighted by Gasteiger charge is -2.20. The molecule has 0 amide bonds. The van der Waals surface area contributed by atoms with E-state index < -0.39 is 0 Å². The Morgan fingerprint density at radius 3 is 2.72 bits per heavy atom. The number of nitriles is 1. The molecule has 4 heteroatoms. The Morgan fingerprint density at radius 1 is 1.33 bits per heavy atom. The van der Waals surface area contributed by atoms with Gasteiger partial charge in [-0.25, -0.2) is 4.98 Å². The Balaban J connectivity index is 2.45. The maximum Gasteiger partial charge on any atom is 0.133 e. The van der Waals surface area contributed by atoms with Crippen LogP contribution >= 0.6 is 0 Å². The van der Waals surface area contributed by atoms with E-state index in [1.165, 1.54) is 0 Å². The second-order valence-electron chi connectivity index (χ2n) is 4.09. The molecule has 0 aliphatic rings. The maximum atomic E-state index is 9.10. The van der Waals surface area contributed by atoms with Gasteiger partial charge < -0.3 is 10.6 Å². The second-order valence-corrected chi connectivity index (χ2v) is 4.09. The normalized spacial score (nSPS) is 9.83. The Morgan fingerprint density at radius 2 is 2.06 bits per heavy atom. The van der Waals surface area contributed by atoms with E-state index in [2.05, 4.69) is 11.1 Å². The SMILES string of the molecule is Cc1cc(N(C)c2ccccc2C#N)ncc1N. The van der Waals surface area contributed by atoms with Crippen LogP contribution in [0.4, 0.5) is 17.2 Å². The number of hydrogen-bond donors (Lipinski definition) is 1. The summed E-state index contributed by atoms with van der Waals surface area (Å²) in [4.78, 5) is 6.16. The van der Waals surface area contributed by atoms with Gasteiger partial charge in [0.2, 0.25) is 0 Å². The average Bonchev–Trinajstić information content (AvgIpc) is 2.41. The van der Waals surface area contributed by atoms with Crippen LogP contribution in [0.5, 0.6) is 0 Å². The molecule has 0 bridgehead atoms. The molecule has 0 unspecified atom stereocenters. The topological polar surface area (TPSA) is 65.9 Å². The molecular weight excluding hydrogens is 224 g/mol. The Bertz CT molecular complexity index is 613. The highest BCUT2D eigenvalue weighted by Crippen LogP contribution is 2.26. The van der Waals surface area contributed by atoms with Crippen LogP contribution < -0.4 is 10.6 Å². The van der Waals surface area contributed by atoms with Gasteiger partial charge in [0.15, 0.2) is 0 Å². The highest BCUT2D eigenvalue weighted by Gasteiger charge is 2.10. The molecule has 18 heavy (non-hydrogen) atoms. The lowest BCUT2D eigenvalue weighted by Crippen LogP contribution is -2.13. The molecule has 1 aromatic carbocycles. The monoisotopic (exact) mass is 238 g/mol. The number of aryl methyl sites for hydroxylation is 1. The van der Waals surface area contributed by atoms with Crippen LogP contribution in [-0.4, -0.2) is 12.0 Å². The molecule has 0 saturated heterocycles. The van der Waals surface area contributed by atoms with Crippen LogP contribution in [0.1, 0.15) is 11.1 Å². The Labute approximate surface area is 106 Å². The van der Waals surface area contributed by atoms with Gasteiger partial charge in [-0.2, -0.15) is 5.26 Å². The molecule has 0 spiro atoms. The van der Waals surface area contributed by atoms with Gasteiger partial charge in [-0.15, -0.1) is 0 Å². The quantitative estimate of drug-likeness (QED) is 0.873. The molecule has 2 N–H and O–H groups in total. The first kappa shape index (κ1) is 11.9. The molecule has 0 aliphatic heterocycles. The maximum absolute atomic E-state index is 9.10. The summed E-state index contributed by atoms with van der Waals surface area (Å²) in [6.45, 7) is 1.94. The fourth-order valence-corrected chi connectivity index (χ4v) is 1.72. The van der Waals surface area contributed by atoms with E-state index in [-0.39, 0.29) is 0 Å². The van der Waals surface area contributed by atoms with Crippen molar-refractivity contribution in [2.45, 2.75) is 6.92 Å². The fraction of sp³-hybridized carbons (Fsp3) is 0.143. The second kappa shape index (κ2) is 4.76. The molecule has 2 rings (SSSR count). The van der Waals surface area contributed by atoms with E-state index in [9.17, 15) is 0 Å². The van der Waals surface area contributed by atoms with Crippen molar-refractivity contribution in [1.29, 1.82) is 5.26 Å². The van der Waals surface area contributed by atoms with Crippen LogP contribution in [-0.2, 0) is 0 Å². The highest BCUT2D eigenvalue weighted by molar-refractivity contribution is 5.67. The number of nitrogen functional groups attached to an aromatic ring is 1. The van der Waals surface area contributed by atoms with Crippen molar-refractivity contribution in [2.24, 2.45) is 0 Å². The lowest BCUT2D eigenvalue weighted by atomic mass is 10.1. The number of anilines is 3. The van der Waals surface area contributed by atoms with E-state index in [0.717, 1.165) is 17.1 Å². The van der Waals surface area contributed by atoms with Gasteiger partial charge >= 0.3 is 0 Å². The summed E-state index contributed by atoms with van der Waals surface area (Å²) in [5.74, 6) is 0.768. The molecule has 0 aliphatic carbocycles. The number of rotatable bonds is 2. The molecule has 4 nitrogen and oxygen atoms in total. The van der Waals surface area contributed by atoms with Gasteiger partial charge in [0.25, 0.3) is 0 Å². The first-order valence-corrected chi connectivity index (χ1v) is 5.58. The summed E-state index contributed by atoms with van der Waals surface area (Å²) in [6.07, 6.45) is 1.64. The van der Waals surface area contributed by atoms with E-state index in [4.69, 9.17) is 11.0 Å². The third-order valence-electron chi connectivity index (χ3n) is 2.87. The van der Waals surface area contributed by atoms with Crippen LogP contribution in [0.15, 0.2) is 36.5 Å². The molecule has 1 aromatic heterocycles. The molecule has 0 fully saturated rings. The molecule has 0 saturated carbocycles. The predicted molar refractivity (Wildman–Crippen MR) is 72.6 cm³/mol. The average molecular weight is 238 g/mol. The van der Waals surface area contributed by atoms with Gasteiger partial charge in [-0.1, -0.05) is 12.1 Å². The van der Waals surface area contributed by atoms with E-state index in [1.807, 2.05) is 43.1 Å². The van der Waals surface area contributed by atoms with E-state index >= 15 is 0 Å². The molecule has 90 valence electrons. The van der Waals surface area contributed by atoms with Gasteiger partial charge in [-0.3, -0.25) is 0 Å². The number of hydrogen-bond acceptors (Lipinski definition) is 4. The minimum atomic E-state index is 0.622. The third kappa shape index (κ3) is 2.11. The summed E-state index contributed by atoms with van der Waals surface area (Å²) in [5, 5.41) is 9.10. The minimum absolute atomic E-state index is 0.622. The number of nitrogens with zero attached hydrogens (tertiary/aromatic N) is 3. The molecule has 2 aromatic rings. The van der Waals surface area contributed by atoms with Crippen molar-refractivity contribution < 1.29 is 0 Å². The summed E-state index contributed by atoms with van der Waals surface area (Å²) in [7, 11) is 1.88. The van der Waals surface area contributed by atoms with Crippen LogP contribution in [0.25, 0.3) is 0 Å². The van der Waals surface area contributed by atoms with Crippen molar-refractivity contribution in [1.82, 2.24) is 4.98 Å². The number of benzene rings is 1. The fourth-order valence-electron chi connectivity index (χ4n) is 1.72. The van der Waals surface area contributed by atoms with Crippen molar-refractivity contribution >= 4 is 17.2 Å². The van der Waals surface area contributed by atoms with Crippen LogP contribution in [0.2, 0.25) is 0 Å². The predicted octanol–water partition coefficient (Wildman–Crippen LogP) is 2.61. The van der Waals surface area contributed by atoms with Crippen molar-refractivity contribution in [3.63, 3.8) is 0 Å². The Hall–Kier alpha value is -2.54.